The second-order valence-corrected chi connectivity index (χ2v) is 6.98. The molecule has 0 spiro atoms. The predicted molar refractivity (Wildman–Crippen MR) is 101 cm³/mol. The van der Waals surface area contributed by atoms with Crippen LogP contribution in [0.2, 0.25) is 0 Å². The fraction of sp³-hybridized carbons (Fsp3) is 0.381. The Kier molecular flexibility index (Phi) is 5.84. The van der Waals surface area contributed by atoms with Gasteiger partial charge in [0.1, 0.15) is 25.0 Å². The number of aliphatic hydroxyl groups excluding tert-OH is 1. The molecule has 0 aliphatic heterocycles. The standard InChI is InChI=1S/C21H26N2O2/c1-15(2)11-12-22-13-16(24)14-25-23-21-19-9-5-3-7-17(19)18-8-4-6-10-20(18)21/h3-10,15-16,22,24H,11-14H2,1-2H3/p+1/t16-/m0/s1. The molecule has 0 amide bonds. The molecule has 0 aromatic heterocycles. The smallest absolute Gasteiger partial charge is 0.148 e. The molecule has 4 heteroatoms. The monoisotopic (exact) mass is 339 g/mol. The number of oxime groups is 1. The summed E-state index contributed by atoms with van der Waals surface area (Å²) in [7, 11) is 0. The number of nitrogens with two attached hydrogens (primary N) is 1. The fourth-order valence-corrected chi connectivity index (χ4v) is 3.11. The normalized spacial score (nSPS) is 13.5. The van der Waals surface area contributed by atoms with Crippen molar-refractivity contribution in [1.82, 2.24) is 0 Å². The molecule has 0 heterocycles. The number of benzene rings is 2. The van der Waals surface area contributed by atoms with Gasteiger partial charge in [-0.2, -0.15) is 0 Å². The van der Waals surface area contributed by atoms with E-state index in [9.17, 15) is 5.11 Å². The van der Waals surface area contributed by atoms with Crippen molar-refractivity contribution >= 4 is 5.71 Å². The molecule has 0 radical (unpaired) electrons. The number of fused-ring (bicyclic) bond motifs is 3. The zero-order valence-electron chi connectivity index (χ0n) is 15.0. The first-order valence-electron chi connectivity index (χ1n) is 9.05. The summed E-state index contributed by atoms with van der Waals surface area (Å²) in [6.07, 6.45) is 0.645. The number of quaternary nitrogens is 1. The summed E-state index contributed by atoms with van der Waals surface area (Å²) in [5, 5.41) is 16.5. The first-order valence-corrected chi connectivity index (χ1v) is 9.05. The van der Waals surface area contributed by atoms with Gasteiger partial charge in [0, 0.05) is 11.1 Å². The summed E-state index contributed by atoms with van der Waals surface area (Å²) in [5.41, 5.74) is 5.39. The van der Waals surface area contributed by atoms with Gasteiger partial charge in [0.15, 0.2) is 0 Å². The zero-order valence-corrected chi connectivity index (χ0v) is 15.0. The van der Waals surface area contributed by atoms with Crippen molar-refractivity contribution in [3.8, 4) is 11.1 Å². The molecule has 1 aliphatic carbocycles. The molecule has 2 aromatic rings. The zero-order chi connectivity index (χ0) is 17.6. The van der Waals surface area contributed by atoms with E-state index in [0.717, 1.165) is 29.8 Å². The molecule has 3 N–H and O–H groups in total. The maximum Gasteiger partial charge on any atom is 0.148 e. The lowest BCUT2D eigenvalue weighted by Gasteiger charge is -2.10. The SMILES string of the molecule is CC(C)CC[NH2+]C[C@H](O)CON=C1c2ccccc2-c2ccccc21. The van der Waals surface area contributed by atoms with Gasteiger partial charge in [-0.25, -0.2) is 0 Å². The minimum Gasteiger partial charge on any atom is -0.392 e. The molecule has 132 valence electrons. The van der Waals surface area contributed by atoms with Gasteiger partial charge >= 0.3 is 0 Å². The van der Waals surface area contributed by atoms with E-state index >= 15 is 0 Å². The van der Waals surface area contributed by atoms with Crippen LogP contribution >= 0.6 is 0 Å². The topological polar surface area (TPSA) is 58.4 Å². The molecule has 0 bridgehead atoms. The van der Waals surface area contributed by atoms with Crippen molar-refractivity contribution in [2.75, 3.05) is 19.7 Å². The van der Waals surface area contributed by atoms with E-state index < -0.39 is 6.10 Å². The lowest BCUT2D eigenvalue weighted by molar-refractivity contribution is -0.662. The van der Waals surface area contributed by atoms with Crippen LogP contribution in [0.3, 0.4) is 0 Å². The van der Waals surface area contributed by atoms with Crippen LogP contribution in [0.1, 0.15) is 31.4 Å². The minimum atomic E-state index is -0.511. The van der Waals surface area contributed by atoms with E-state index in [2.05, 4.69) is 48.6 Å². The van der Waals surface area contributed by atoms with E-state index in [4.69, 9.17) is 4.84 Å². The Morgan fingerprint density at radius 1 is 0.960 bits per heavy atom. The summed E-state index contributed by atoms with van der Waals surface area (Å²) in [4.78, 5) is 5.49. The van der Waals surface area contributed by atoms with Crippen LogP contribution < -0.4 is 5.32 Å². The maximum atomic E-state index is 10.1. The Balaban J connectivity index is 1.60. The summed E-state index contributed by atoms with van der Waals surface area (Å²) < 4.78 is 0. The van der Waals surface area contributed by atoms with Crippen LogP contribution in [0, 0.1) is 5.92 Å². The second kappa shape index (κ2) is 8.28. The fourth-order valence-electron chi connectivity index (χ4n) is 3.11. The van der Waals surface area contributed by atoms with Crippen LogP contribution in [0.25, 0.3) is 11.1 Å². The molecule has 2 aromatic carbocycles. The molecule has 1 atom stereocenters. The Morgan fingerprint density at radius 3 is 2.08 bits per heavy atom. The van der Waals surface area contributed by atoms with Gasteiger partial charge in [0.2, 0.25) is 0 Å². The first kappa shape index (κ1) is 17.6. The highest BCUT2D eigenvalue weighted by Crippen LogP contribution is 2.36. The van der Waals surface area contributed by atoms with Gasteiger partial charge in [-0.05, 0) is 23.5 Å². The Labute approximate surface area is 149 Å². The van der Waals surface area contributed by atoms with E-state index in [-0.39, 0.29) is 6.61 Å². The molecule has 1 aliphatic rings. The van der Waals surface area contributed by atoms with Crippen LogP contribution in [-0.4, -0.2) is 36.6 Å². The average molecular weight is 339 g/mol. The molecule has 0 saturated carbocycles. The summed E-state index contributed by atoms with van der Waals surface area (Å²) >= 11 is 0. The molecule has 0 unspecified atom stereocenters. The van der Waals surface area contributed by atoms with Crippen molar-refractivity contribution in [1.29, 1.82) is 0 Å². The van der Waals surface area contributed by atoms with Crippen LogP contribution in [0.5, 0.6) is 0 Å². The number of hydrogen-bond acceptors (Lipinski definition) is 3. The van der Waals surface area contributed by atoms with Crippen LogP contribution in [0.4, 0.5) is 0 Å². The lowest BCUT2D eigenvalue weighted by atomic mass is 10.1. The summed E-state index contributed by atoms with van der Waals surface area (Å²) in [6, 6.07) is 16.4. The van der Waals surface area contributed by atoms with E-state index in [0.29, 0.717) is 12.5 Å². The third-order valence-electron chi connectivity index (χ3n) is 4.46. The number of nitrogens with zero attached hydrogens (tertiary/aromatic N) is 1. The van der Waals surface area contributed by atoms with Gasteiger partial charge < -0.3 is 15.3 Å². The lowest BCUT2D eigenvalue weighted by Crippen LogP contribution is -2.86. The van der Waals surface area contributed by atoms with Crippen molar-refractivity contribution in [2.45, 2.75) is 26.4 Å². The van der Waals surface area contributed by atoms with Gasteiger partial charge in [-0.15, -0.1) is 0 Å². The van der Waals surface area contributed by atoms with Gasteiger partial charge in [-0.1, -0.05) is 67.5 Å². The van der Waals surface area contributed by atoms with Crippen LogP contribution in [-0.2, 0) is 4.84 Å². The Bertz CT molecular complexity index is 693. The molecule has 25 heavy (non-hydrogen) atoms. The molecule has 0 fully saturated rings. The third-order valence-corrected chi connectivity index (χ3v) is 4.46. The first-order chi connectivity index (χ1) is 12.2. The number of hydrogen-bond donors (Lipinski definition) is 2. The van der Waals surface area contributed by atoms with E-state index in [1.165, 1.54) is 11.1 Å². The quantitative estimate of drug-likeness (QED) is 0.489. The Hall–Kier alpha value is -2.17. The molecule has 3 rings (SSSR count). The Morgan fingerprint density at radius 2 is 1.52 bits per heavy atom. The highest BCUT2D eigenvalue weighted by molar-refractivity contribution is 6.24. The van der Waals surface area contributed by atoms with Crippen molar-refractivity contribution in [2.24, 2.45) is 11.1 Å². The summed E-state index contributed by atoms with van der Waals surface area (Å²) in [5.74, 6) is 0.693. The molecule has 4 nitrogen and oxygen atoms in total. The van der Waals surface area contributed by atoms with Crippen molar-refractivity contribution in [3.63, 3.8) is 0 Å². The van der Waals surface area contributed by atoms with Gasteiger partial charge in [0.25, 0.3) is 0 Å². The largest absolute Gasteiger partial charge is 0.392 e. The summed E-state index contributed by atoms with van der Waals surface area (Å²) in [6.45, 7) is 6.31. The van der Waals surface area contributed by atoms with Gasteiger partial charge in [-0.3, -0.25) is 0 Å². The average Bonchev–Trinajstić information content (AvgIpc) is 2.93. The van der Waals surface area contributed by atoms with E-state index in [1.807, 2.05) is 24.3 Å². The van der Waals surface area contributed by atoms with E-state index in [1.54, 1.807) is 0 Å². The number of rotatable bonds is 8. The molecular formula is C21H27N2O2+. The van der Waals surface area contributed by atoms with Crippen LogP contribution in [0.15, 0.2) is 53.7 Å². The van der Waals surface area contributed by atoms with Crippen molar-refractivity contribution < 1.29 is 15.3 Å². The van der Waals surface area contributed by atoms with Gasteiger partial charge in [0.05, 0.1) is 6.54 Å². The maximum absolute atomic E-state index is 10.1. The highest BCUT2D eigenvalue weighted by atomic mass is 16.6. The highest BCUT2D eigenvalue weighted by Gasteiger charge is 2.24. The van der Waals surface area contributed by atoms with Crippen molar-refractivity contribution in [3.05, 3.63) is 59.7 Å². The predicted octanol–water partition coefficient (Wildman–Crippen LogP) is 2.41. The number of aliphatic hydroxyl groups is 1. The second-order valence-electron chi connectivity index (χ2n) is 6.98. The molecule has 0 saturated heterocycles. The molecular weight excluding hydrogens is 312 g/mol. The third kappa shape index (κ3) is 4.27. The minimum absolute atomic E-state index is 0.214.